The zero-order valence-electron chi connectivity index (χ0n) is 13.0. The number of hydrogen-bond acceptors (Lipinski definition) is 3. The number of nitrogens with zero attached hydrogens (tertiary/aromatic N) is 1. The van der Waals surface area contributed by atoms with Gasteiger partial charge in [-0.3, -0.25) is 9.89 Å². The Labute approximate surface area is 154 Å². The number of amides is 1. The van der Waals surface area contributed by atoms with Gasteiger partial charge in [-0.15, -0.1) is 0 Å². The maximum Gasteiger partial charge on any atom is 0.387 e. The van der Waals surface area contributed by atoms with E-state index in [1.165, 1.54) is 42.5 Å². The molecule has 1 heterocycles. The van der Waals surface area contributed by atoms with E-state index in [0.717, 1.165) is 0 Å². The molecule has 26 heavy (non-hydrogen) atoms. The highest BCUT2D eigenvalue weighted by Crippen LogP contribution is 2.23. The molecule has 0 aliphatic carbocycles. The fourth-order valence-corrected chi connectivity index (χ4v) is 2.51. The van der Waals surface area contributed by atoms with Crippen molar-refractivity contribution in [1.82, 2.24) is 10.2 Å². The Kier molecular flexibility index (Phi) is 5.27. The Morgan fingerprint density at radius 2 is 1.88 bits per heavy atom. The van der Waals surface area contributed by atoms with Crippen LogP contribution in [-0.4, -0.2) is 22.7 Å². The van der Waals surface area contributed by atoms with Gasteiger partial charge in [0.1, 0.15) is 17.3 Å². The van der Waals surface area contributed by atoms with Gasteiger partial charge in [-0.25, -0.2) is 4.39 Å². The second-order valence-electron chi connectivity index (χ2n) is 5.15. The van der Waals surface area contributed by atoms with Crippen molar-refractivity contribution in [2.24, 2.45) is 0 Å². The lowest BCUT2D eigenvalue weighted by atomic mass is 10.1. The van der Waals surface area contributed by atoms with Crippen molar-refractivity contribution in [2.45, 2.75) is 6.61 Å². The summed E-state index contributed by atoms with van der Waals surface area (Å²) in [5, 5.41) is 9.00. The molecule has 0 unspecified atom stereocenters. The summed E-state index contributed by atoms with van der Waals surface area (Å²) < 4.78 is 42.9. The monoisotopic (exact) mass is 425 g/mol. The van der Waals surface area contributed by atoms with Crippen LogP contribution in [0.5, 0.6) is 5.75 Å². The first-order chi connectivity index (χ1) is 12.4. The van der Waals surface area contributed by atoms with Gasteiger partial charge in [0.05, 0.1) is 11.4 Å². The summed E-state index contributed by atoms with van der Waals surface area (Å²) in [4.78, 5) is 12.2. The first-order valence-corrected chi connectivity index (χ1v) is 8.09. The summed E-state index contributed by atoms with van der Waals surface area (Å²) in [5.41, 5.74) is 1.17. The molecule has 1 aromatic heterocycles. The minimum Gasteiger partial charge on any atom is -0.435 e. The van der Waals surface area contributed by atoms with Crippen LogP contribution in [-0.2, 0) is 0 Å². The lowest BCUT2D eigenvalue weighted by Crippen LogP contribution is -2.13. The molecule has 0 aliphatic heterocycles. The summed E-state index contributed by atoms with van der Waals surface area (Å²) in [7, 11) is 0. The van der Waals surface area contributed by atoms with E-state index in [0.29, 0.717) is 15.7 Å². The van der Waals surface area contributed by atoms with Crippen molar-refractivity contribution < 1.29 is 22.7 Å². The molecular weight excluding hydrogens is 415 g/mol. The molecule has 0 bridgehead atoms. The van der Waals surface area contributed by atoms with Gasteiger partial charge < -0.3 is 10.1 Å². The van der Waals surface area contributed by atoms with Crippen molar-refractivity contribution in [3.63, 3.8) is 0 Å². The topological polar surface area (TPSA) is 67.0 Å². The van der Waals surface area contributed by atoms with Crippen molar-refractivity contribution in [3.05, 3.63) is 64.5 Å². The zero-order chi connectivity index (χ0) is 18.7. The number of nitrogens with one attached hydrogen (secondary N) is 2. The third-order valence-electron chi connectivity index (χ3n) is 3.38. The SMILES string of the molecule is O=C(Nc1ccc(Br)cc1F)c1cc(-c2ccc(OC(F)F)cc2)n[nH]1. The standard InChI is InChI=1S/C17H11BrF3N3O2/c18-10-3-6-13(12(19)7-10)22-16(25)15-8-14(23-24-15)9-1-4-11(5-2-9)26-17(20)21/h1-8,17H,(H,22,25)(H,23,24). The van der Waals surface area contributed by atoms with Crippen LogP contribution in [0.2, 0.25) is 0 Å². The van der Waals surface area contributed by atoms with E-state index in [2.05, 4.69) is 36.2 Å². The Morgan fingerprint density at radius 1 is 1.15 bits per heavy atom. The summed E-state index contributed by atoms with van der Waals surface area (Å²) in [6, 6.07) is 11.5. The van der Waals surface area contributed by atoms with Crippen LogP contribution in [0.25, 0.3) is 11.3 Å². The van der Waals surface area contributed by atoms with Gasteiger partial charge in [-0.1, -0.05) is 15.9 Å². The van der Waals surface area contributed by atoms with Crippen LogP contribution in [0.1, 0.15) is 10.5 Å². The molecule has 5 nitrogen and oxygen atoms in total. The lowest BCUT2D eigenvalue weighted by Gasteiger charge is -2.05. The van der Waals surface area contributed by atoms with Crippen molar-refractivity contribution >= 4 is 27.5 Å². The maximum absolute atomic E-state index is 13.8. The molecule has 0 aliphatic rings. The third kappa shape index (κ3) is 4.23. The summed E-state index contributed by atoms with van der Waals surface area (Å²) in [6.45, 7) is -2.90. The number of halogens is 4. The fourth-order valence-electron chi connectivity index (χ4n) is 2.17. The van der Waals surface area contributed by atoms with Crippen LogP contribution >= 0.6 is 15.9 Å². The Hall–Kier alpha value is -2.81. The van der Waals surface area contributed by atoms with Crippen LogP contribution in [0, 0.1) is 5.82 Å². The number of ether oxygens (including phenoxy) is 1. The van der Waals surface area contributed by atoms with E-state index in [4.69, 9.17) is 0 Å². The first kappa shape index (κ1) is 18.0. The molecular formula is C17H11BrF3N3O2. The van der Waals surface area contributed by atoms with Crippen molar-refractivity contribution in [3.8, 4) is 17.0 Å². The van der Waals surface area contributed by atoms with Crippen LogP contribution in [0.3, 0.4) is 0 Å². The molecule has 0 saturated heterocycles. The van der Waals surface area contributed by atoms with Gasteiger partial charge in [0, 0.05) is 10.0 Å². The van der Waals surface area contributed by atoms with Crippen LogP contribution in [0.4, 0.5) is 18.9 Å². The molecule has 0 spiro atoms. The van der Waals surface area contributed by atoms with Gasteiger partial charge in [-0.05, 0) is 48.5 Å². The van der Waals surface area contributed by atoms with E-state index in [-0.39, 0.29) is 17.1 Å². The highest BCUT2D eigenvalue weighted by atomic mass is 79.9. The molecule has 0 radical (unpaired) electrons. The fraction of sp³-hybridized carbons (Fsp3) is 0.0588. The number of hydrogen-bond donors (Lipinski definition) is 2. The number of aromatic nitrogens is 2. The molecule has 134 valence electrons. The minimum atomic E-state index is -2.90. The highest BCUT2D eigenvalue weighted by Gasteiger charge is 2.14. The number of alkyl halides is 2. The summed E-state index contributed by atoms with van der Waals surface area (Å²) in [5.74, 6) is -1.13. The number of anilines is 1. The third-order valence-corrected chi connectivity index (χ3v) is 3.87. The number of carbonyl (C=O) groups excluding carboxylic acids is 1. The molecule has 3 aromatic rings. The lowest BCUT2D eigenvalue weighted by molar-refractivity contribution is -0.0498. The zero-order valence-corrected chi connectivity index (χ0v) is 14.6. The Balaban J connectivity index is 1.73. The molecule has 1 amide bonds. The van der Waals surface area contributed by atoms with Gasteiger partial charge in [-0.2, -0.15) is 13.9 Å². The predicted molar refractivity (Wildman–Crippen MR) is 92.7 cm³/mol. The number of benzene rings is 2. The second-order valence-corrected chi connectivity index (χ2v) is 6.06. The summed E-state index contributed by atoms with van der Waals surface area (Å²) in [6.07, 6.45) is 0. The van der Waals surface area contributed by atoms with Crippen LogP contribution < -0.4 is 10.1 Å². The number of rotatable bonds is 5. The van der Waals surface area contributed by atoms with Crippen molar-refractivity contribution in [2.75, 3.05) is 5.32 Å². The maximum atomic E-state index is 13.8. The van der Waals surface area contributed by atoms with Crippen molar-refractivity contribution in [1.29, 1.82) is 0 Å². The number of H-pyrrole nitrogens is 1. The predicted octanol–water partition coefficient (Wildman–Crippen LogP) is 4.83. The average Bonchev–Trinajstić information content (AvgIpc) is 3.08. The molecule has 2 N–H and O–H groups in total. The normalized spacial score (nSPS) is 10.8. The molecule has 0 fully saturated rings. The van der Waals surface area contributed by atoms with E-state index in [1.807, 2.05) is 0 Å². The largest absolute Gasteiger partial charge is 0.435 e. The highest BCUT2D eigenvalue weighted by molar-refractivity contribution is 9.10. The Morgan fingerprint density at radius 3 is 2.54 bits per heavy atom. The number of aromatic amines is 1. The number of carbonyl (C=O) groups is 1. The van der Waals surface area contributed by atoms with Gasteiger partial charge in [0.15, 0.2) is 0 Å². The molecule has 0 atom stereocenters. The van der Waals surface area contributed by atoms with E-state index >= 15 is 0 Å². The smallest absolute Gasteiger partial charge is 0.387 e. The van der Waals surface area contributed by atoms with E-state index in [9.17, 15) is 18.0 Å². The molecule has 3 rings (SSSR count). The van der Waals surface area contributed by atoms with Gasteiger partial charge >= 0.3 is 6.61 Å². The first-order valence-electron chi connectivity index (χ1n) is 7.29. The second kappa shape index (κ2) is 7.61. The average molecular weight is 426 g/mol. The molecule has 0 saturated carbocycles. The quantitative estimate of drug-likeness (QED) is 0.614. The minimum absolute atomic E-state index is 0.0166. The van der Waals surface area contributed by atoms with Crippen LogP contribution in [0.15, 0.2) is 53.0 Å². The Bertz CT molecular complexity index is 929. The van der Waals surface area contributed by atoms with E-state index < -0.39 is 18.3 Å². The molecule has 2 aromatic carbocycles. The molecule has 9 heteroatoms. The van der Waals surface area contributed by atoms with E-state index in [1.54, 1.807) is 6.07 Å². The summed E-state index contributed by atoms with van der Waals surface area (Å²) >= 11 is 3.14. The van der Waals surface area contributed by atoms with Gasteiger partial charge in [0.2, 0.25) is 0 Å². The van der Waals surface area contributed by atoms with Gasteiger partial charge in [0.25, 0.3) is 5.91 Å².